The van der Waals surface area contributed by atoms with E-state index in [1.165, 1.54) is 5.56 Å². The topological polar surface area (TPSA) is 97.0 Å². The molecule has 8 heteroatoms. The number of carbonyl (C=O) groups is 1. The number of aromatic nitrogens is 4. The molecular weight excluding hydrogens is 392 g/mol. The van der Waals surface area contributed by atoms with E-state index in [-0.39, 0.29) is 7.33 Å². The number of rotatable bonds is 6. The van der Waals surface area contributed by atoms with Gasteiger partial charge in [0.05, 0.1) is 17.6 Å². The summed E-state index contributed by atoms with van der Waals surface area (Å²) in [6.07, 6.45) is 5.08. The van der Waals surface area contributed by atoms with Gasteiger partial charge in [-0.25, -0.2) is 4.98 Å². The van der Waals surface area contributed by atoms with Gasteiger partial charge in [0.25, 0.3) is 5.89 Å². The van der Waals surface area contributed by atoms with Gasteiger partial charge in [-0.2, -0.15) is 0 Å². The molecule has 1 aliphatic rings. The average Bonchev–Trinajstić information content (AvgIpc) is 3.30. The minimum absolute atomic E-state index is 0. The van der Waals surface area contributed by atoms with Crippen molar-refractivity contribution in [1.82, 2.24) is 30.4 Å². The molecule has 31 heavy (non-hydrogen) atoms. The van der Waals surface area contributed by atoms with E-state index in [1.807, 2.05) is 56.1 Å². The van der Waals surface area contributed by atoms with E-state index < -0.39 is 0 Å². The lowest BCUT2D eigenvalue weighted by Crippen LogP contribution is -2.34. The first-order chi connectivity index (χ1) is 15.1. The molecule has 0 atom stereocenters. The van der Waals surface area contributed by atoms with E-state index in [0.717, 1.165) is 35.5 Å². The fraction of sp³-hybridized carbons (Fsp3) is 0.348. The fourth-order valence-corrected chi connectivity index (χ4v) is 3.56. The van der Waals surface area contributed by atoms with Crippen LogP contribution in [0.5, 0.6) is 0 Å². The minimum atomic E-state index is 0. The van der Waals surface area contributed by atoms with Crippen LogP contribution in [0.15, 0.2) is 41.0 Å². The first-order valence-corrected chi connectivity index (χ1v) is 10.5. The molecule has 0 aliphatic carbocycles. The van der Waals surface area contributed by atoms with Crippen LogP contribution in [0, 0.1) is 6.92 Å². The Morgan fingerprint density at radius 1 is 1.23 bits per heavy atom. The highest BCUT2D eigenvalue weighted by Gasteiger charge is 2.20. The van der Waals surface area contributed by atoms with Crippen molar-refractivity contribution >= 4 is 11.5 Å². The van der Waals surface area contributed by atoms with E-state index in [4.69, 9.17) is 9.40 Å². The zero-order valence-electron chi connectivity index (χ0n) is 18.1. The summed E-state index contributed by atoms with van der Waals surface area (Å²) < 4.78 is 5.93. The van der Waals surface area contributed by atoms with Gasteiger partial charge >= 0.3 is 0 Å². The van der Waals surface area contributed by atoms with Crippen LogP contribution in [0.3, 0.4) is 0 Å². The maximum absolute atomic E-state index is 11.9. The molecule has 0 bridgehead atoms. The van der Waals surface area contributed by atoms with E-state index in [0.29, 0.717) is 37.0 Å². The van der Waals surface area contributed by atoms with Gasteiger partial charge in [0.15, 0.2) is 0 Å². The van der Waals surface area contributed by atoms with E-state index in [2.05, 4.69) is 20.5 Å². The zero-order chi connectivity index (χ0) is 21.8. The van der Waals surface area contributed by atoms with Crippen molar-refractivity contribution in [2.45, 2.75) is 33.2 Å². The summed E-state index contributed by atoms with van der Waals surface area (Å²) in [7, 11) is 1.92. The molecule has 2 aromatic heterocycles. The van der Waals surface area contributed by atoms with Gasteiger partial charge in [-0.05, 0) is 43.7 Å². The Kier molecular flexibility index (Phi) is 6.18. The lowest BCUT2D eigenvalue weighted by Gasteiger charge is -2.26. The molecule has 0 unspecified atom stereocenters. The zero-order valence-corrected chi connectivity index (χ0v) is 18.1. The van der Waals surface area contributed by atoms with Crippen molar-refractivity contribution in [1.29, 1.82) is 0 Å². The number of aryl methyl sites for hydroxylation is 1. The van der Waals surface area contributed by atoms with Crippen LogP contribution in [-0.4, -0.2) is 51.1 Å². The normalized spacial score (nSPS) is 13.9. The third-order valence-electron chi connectivity index (χ3n) is 5.36. The van der Waals surface area contributed by atoms with Crippen LogP contribution in [0.2, 0.25) is 0 Å². The van der Waals surface area contributed by atoms with Crippen molar-refractivity contribution < 1.29 is 10.6 Å². The first kappa shape index (κ1) is 20.9. The average molecular weight is 421 g/mol. The minimum Gasteiger partial charge on any atom is -0.415 e. The molecule has 4 rings (SSSR count). The molecule has 1 N–H and O–H groups in total. The molecule has 0 fully saturated rings. The van der Waals surface area contributed by atoms with Crippen LogP contribution in [0.25, 0.3) is 28.6 Å². The monoisotopic (exact) mass is 420 g/mol. The fourth-order valence-electron chi connectivity index (χ4n) is 3.56. The molecular formula is C23H28N6O2. The second kappa shape index (κ2) is 9.18. The van der Waals surface area contributed by atoms with Crippen molar-refractivity contribution in [3.05, 3.63) is 53.5 Å². The van der Waals surface area contributed by atoms with Gasteiger partial charge in [-0.1, -0.05) is 25.1 Å². The lowest BCUT2D eigenvalue weighted by atomic mass is 10.0. The molecule has 0 saturated heterocycles. The molecule has 3 aromatic rings. The summed E-state index contributed by atoms with van der Waals surface area (Å²) in [6.45, 7) is 5.85. The number of hydrogen-bond acceptors (Lipinski definition) is 7. The maximum Gasteiger partial charge on any atom is 0.268 e. The predicted octanol–water partition coefficient (Wildman–Crippen LogP) is 3.49. The van der Waals surface area contributed by atoms with Gasteiger partial charge in [-0.3, -0.25) is 9.78 Å². The van der Waals surface area contributed by atoms with Gasteiger partial charge in [0, 0.05) is 33.0 Å². The molecule has 162 valence electrons. The van der Waals surface area contributed by atoms with E-state index in [9.17, 15) is 4.79 Å². The van der Waals surface area contributed by atoms with Crippen molar-refractivity contribution in [2.75, 3.05) is 20.1 Å². The summed E-state index contributed by atoms with van der Waals surface area (Å²) in [4.78, 5) is 23.0. The molecule has 8 nitrogen and oxygen atoms in total. The summed E-state index contributed by atoms with van der Waals surface area (Å²) in [6, 6.07) is 8.00. The molecule has 0 spiro atoms. The number of carbonyl (C=O) groups excluding carboxylic acids is 1. The van der Waals surface area contributed by atoms with E-state index >= 15 is 0 Å². The third kappa shape index (κ3) is 4.54. The Morgan fingerprint density at radius 3 is 2.68 bits per heavy atom. The molecule has 3 heterocycles. The van der Waals surface area contributed by atoms with Crippen LogP contribution < -0.4 is 5.32 Å². The Labute approximate surface area is 182 Å². The maximum atomic E-state index is 11.9. The number of nitrogens with zero attached hydrogens (tertiary/aromatic N) is 5. The molecule has 1 amide bonds. The molecule has 0 saturated carbocycles. The first-order valence-electron chi connectivity index (χ1n) is 10.5. The summed E-state index contributed by atoms with van der Waals surface area (Å²) in [5.74, 6) is 0.965. The highest BCUT2D eigenvalue weighted by atomic mass is 16.4. The summed E-state index contributed by atoms with van der Waals surface area (Å²) >= 11 is 0. The summed E-state index contributed by atoms with van der Waals surface area (Å²) in [5.41, 5.74) is 5.20. The van der Waals surface area contributed by atoms with E-state index in [1.54, 1.807) is 6.20 Å². The second-order valence-electron chi connectivity index (χ2n) is 7.50. The largest absolute Gasteiger partial charge is 0.415 e. The van der Waals surface area contributed by atoms with Gasteiger partial charge in [0.2, 0.25) is 11.8 Å². The van der Waals surface area contributed by atoms with Gasteiger partial charge < -0.3 is 14.6 Å². The van der Waals surface area contributed by atoms with Crippen LogP contribution in [-0.2, 0) is 11.3 Å². The van der Waals surface area contributed by atoms with Crippen LogP contribution in [0.4, 0.5) is 0 Å². The molecule has 1 aromatic carbocycles. The Hall–Kier alpha value is -3.39. The SMILES string of the molecule is CCC(=O)N1CC=C(c2cnc(C)c(-c3nnc(-c4ccc(CNC)cc4)o3)n2)CC1.[HH]. The Balaban J connectivity index is 0.00000289. The quantitative estimate of drug-likeness (QED) is 0.652. The number of amides is 1. The van der Waals surface area contributed by atoms with Crippen molar-refractivity contribution in [2.24, 2.45) is 0 Å². The molecule has 1 aliphatic heterocycles. The van der Waals surface area contributed by atoms with Gasteiger partial charge in [0.1, 0.15) is 5.69 Å². The van der Waals surface area contributed by atoms with Crippen molar-refractivity contribution in [3.8, 4) is 23.0 Å². The Bertz CT molecular complexity index is 1110. The number of hydrogen-bond donors (Lipinski definition) is 1. The van der Waals surface area contributed by atoms with Crippen LogP contribution in [0.1, 0.15) is 38.1 Å². The standard InChI is InChI=1S/C23H26N6O2.H2/c1-4-20(30)29-11-9-17(10-12-29)19-14-25-15(2)21(26-19)23-28-27-22(31-23)18-7-5-16(6-8-18)13-24-3;/h5-9,14,24H,4,10-13H2,1-3H3;1H. The lowest BCUT2D eigenvalue weighted by molar-refractivity contribution is -0.130. The highest BCUT2D eigenvalue weighted by Crippen LogP contribution is 2.27. The predicted molar refractivity (Wildman–Crippen MR) is 120 cm³/mol. The Morgan fingerprint density at radius 2 is 2.00 bits per heavy atom. The van der Waals surface area contributed by atoms with Gasteiger partial charge in [-0.15, -0.1) is 10.2 Å². The van der Waals surface area contributed by atoms with Crippen molar-refractivity contribution in [3.63, 3.8) is 0 Å². The molecule has 0 radical (unpaired) electrons. The second-order valence-corrected chi connectivity index (χ2v) is 7.50. The number of benzene rings is 1. The van der Waals surface area contributed by atoms with Crippen LogP contribution >= 0.6 is 0 Å². The smallest absolute Gasteiger partial charge is 0.268 e. The summed E-state index contributed by atoms with van der Waals surface area (Å²) in [5, 5.41) is 11.5. The third-order valence-corrected chi connectivity index (χ3v) is 5.36. The highest BCUT2D eigenvalue weighted by molar-refractivity contribution is 5.77. The number of nitrogens with one attached hydrogen (secondary N) is 1.